The number of hydrogen-bond acceptors (Lipinski definition) is 8. The predicted molar refractivity (Wildman–Crippen MR) is 172 cm³/mol. The molecule has 0 bridgehead atoms. The van der Waals surface area contributed by atoms with Crippen molar-refractivity contribution in [2.75, 3.05) is 38.1 Å². The second-order valence-corrected chi connectivity index (χ2v) is 11.8. The number of nitriles is 1. The molecule has 4 aromatic rings. The Morgan fingerprint density at radius 1 is 1.13 bits per heavy atom. The molecule has 1 saturated carbocycles. The first-order chi connectivity index (χ1) is 22.8. The van der Waals surface area contributed by atoms with Crippen molar-refractivity contribution in [1.82, 2.24) is 24.6 Å². The molecule has 242 valence electrons. The number of nitrogens with zero attached hydrogens (tertiary/aromatic N) is 5. The number of halogens is 2. The third-order valence-corrected chi connectivity index (χ3v) is 8.78. The summed E-state index contributed by atoms with van der Waals surface area (Å²) in [6.07, 6.45) is 10.3. The Hall–Kier alpha value is -5.15. The van der Waals surface area contributed by atoms with Gasteiger partial charge in [0, 0.05) is 61.3 Å². The lowest BCUT2D eigenvalue weighted by Gasteiger charge is -2.30. The van der Waals surface area contributed by atoms with Gasteiger partial charge in [-0.15, -0.1) is 0 Å². The van der Waals surface area contributed by atoms with Crippen molar-refractivity contribution in [2.45, 2.75) is 39.0 Å². The van der Waals surface area contributed by atoms with Crippen LogP contribution in [0.3, 0.4) is 0 Å². The predicted octanol–water partition coefficient (Wildman–Crippen LogP) is 5.75. The average Bonchev–Trinajstić information content (AvgIpc) is 3.38. The molecule has 1 unspecified atom stereocenters. The molecule has 2 N–H and O–H groups in total. The largest absolute Gasteiger partial charge is 0.476 e. The van der Waals surface area contributed by atoms with E-state index < -0.39 is 18.2 Å². The number of piperazine rings is 1. The van der Waals surface area contributed by atoms with Crippen LogP contribution in [0.2, 0.25) is 0 Å². The second-order valence-electron chi connectivity index (χ2n) is 11.8. The van der Waals surface area contributed by atoms with Gasteiger partial charge in [-0.3, -0.25) is 14.0 Å². The van der Waals surface area contributed by atoms with Gasteiger partial charge in [0.25, 0.3) is 0 Å². The van der Waals surface area contributed by atoms with Crippen LogP contribution in [0, 0.1) is 35.8 Å². The number of ketones is 1. The Balaban J connectivity index is 1.15. The number of amides is 1. The number of aryl methyl sites for hydroxylation is 1. The van der Waals surface area contributed by atoms with Gasteiger partial charge in [0.15, 0.2) is 35.4 Å². The fourth-order valence-electron chi connectivity index (χ4n) is 6.31. The highest BCUT2D eigenvalue weighted by atomic mass is 19.2. The third kappa shape index (κ3) is 6.85. The first-order valence-electron chi connectivity index (χ1n) is 15.7. The van der Waals surface area contributed by atoms with Gasteiger partial charge in [-0.2, -0.15) is 9.65 Å². The normalized spacial score (nSPS) is 17.7. The second kappa shape index (κ2) is 14.1. The van der Waals surface area contributed by atoms with E-state index in [1.54, 1.807) is 34.9 Å². The van der Waals surface area contributed by atoms with Gasteiger partial charge >= 0.3 is 0 Å². The molecule has 0 radical (unpaired) electrons. The molecular formula is C35H35F2N7O3. The van der Waals surface area contributed by atoms with Gasteiger partial charge in [-0.1, -0.05) is 5.57 Å². The monoisotopic (exact) mass is 639 g/mol. The molecule has 47 heavy (non-hydrogen) atoms. The topological polar surface area (TPSA) is 125 Å². The lowest BCUT2D eigenvalue weighted by atomic mass is 9.97. The first-order valence-corrected chi connectivity index (χ1v) is 15.7. The molecule has 0 spiro atoms. The van der Waals surface area contributed by atoms with Crippen molar-refractivity contribution in [3.63, 3.8) is 0 Å². The maximum absolute atomic E-state index is 15.0. The van der Waals surface area contributed by atoms with Crippen LogP contribution >= 0.6 is 0 Å². The summed E-state index contributed by atoms with van der Waals surface area (Å²) >= 11 is 0. The first kappa shape index (κ1) is 31.8. The fraction of sp³-hybridized carbons (Fsp3) is 0.343. The van der Waals surface area contributed by atoms with E-state index in [1.165, 1.54) is 24.5 Å². The minimum absolute atomic E-state index is 0.0147. The molecule has 10 nitrogen and oxygen atoms in total. The minimum Gasteiger partial charge on any atom is -0.476 e. The van der Waals surface area contributed by atoms with Crippen molar-refractivity contribution in [3.05, 3.63) is 83.3 Å². The summed E-state index contributed by atoms with van der Waals surface area (Å²) in [6, 6.07) is 9.79. The number of nitrogens with one attached hydrogen (secondary N) is 2. The minimum atomic E-state index is -1.19. The number of imidazole rings is 1. The van der Waals surface area contributed by atoms with E-state index >= 15 is 4.39 Å². The maximum Gasteiger partial charge on any atom is 0.225 e. The number of allylic oxidation sites excluding steroid dienone is 2. The maximum atomic E-state index is 15.0. The Morgan fingerprint density at radius 2 is 1.96 bits per heavy atom. The number of ether oxygens (including phenoxy) is 1. The van der Waals surface area contributed by atoms with Crippen molar-refractivity contribution in [2.24, 2.45) is 5.92 Å². The Labute approximate surface area is 271 Å². The Morgan fingerprint density at radius 3 is 2.74 bits per heavy atom. The van der Waals surface area contributed by atoms with Crippen LogP contribution in [0.15, 0.2) is 60.6 Å². The zero-order valence-electron chi connectivity index (χ0n) is 26.1. The van der Waals surface area contributed by atoms with Crippen molar-refractivity contribution >= 4 is 28.8 Å². The zero-order valence-corrected chi connectivity index (χ0v) is 26.1. The quantitative estimate of drug-likeness (QED) is 0.142. The highest BCUT2D eigenvalue weighted by molar-refractivity contribution is 6.06. The number of hydrogen-bond donors (Lipinski definition) is 2. The molecule has 6 rings (SSSR count). The molecule has 12 heteroatoms. The number of aromatic nitrogens is 3. The van der Waals surface area contributed by atoms with Crippen LogP contribution in [-0.2, 0) is 4.79 Å². The summed E-state index contributed by atoms with van der Waals surface area (Å²) in [5.41, 5.74) is 3.79. The van der Waals surface area contributed by atoms with E-state index in [4.69, 9.17) is 10.00 Å². The molecule has 1 saturated heterocycles. The molecule has 1 amide bonds. The lowest BCUT2D eigenvalue weighted by molar-refractivity contribution is -0.136. The number of carbonyl (C=O) groups excluding carboxylic acids is 2. The van der Waals surface area contributed by atoms with Crippen LogP contribution < -0.4 is 15.4 Å². The van der Waals surface area contributed by atoms with Gasteiger partial charge in [-0.25, -0.2) is 14.4 Å². The van der Waals surface area contributed by atoms with Crippen LogP contribution in [0.4, 0.5) is 20.3 Å². The van der Waals surface area contributed by atoms with Gasteiger partial charge in [0.05, 0.1) is 11.9 Å². The van der Waals surface area contributed by atoms with Crippen LogP contribution in [0.1, 0.15) is 48.0 Å². The standard InChI is InChI=1S/C35H35F2N7O3/c1-22-19-25(7-8-26(22)29(45)20-23-3-2-4-24(6-5-23)35(46)43-15-12-39-13-16-43)42-33-34-41-21-28(44(34)17-14-40-33)27-9-10-30(47-18-11-38)32(37)31(27)36/h7-10,14,17,19-21,24,39H,2-6,12-13,15-16,18H2,1H3,(H,40,42)/b23-20-. The van der Waals surface area contributed by atoms with Crippen LogP contribution in [-0.4, -0.2) is 63.7 Å². The van der Waals surface area contributed by atoms with Crippen LogP contribution in [0.25, 0.3) is 16.9 Å². The van der Waals surface area contributed by atoms with E-state index in [0.29, 0.717) is 28.4 Å². The molecule has 1 aliphatic heterocycles. The fourth-order valence-corrected chi connectivity index (χ4v) is 6.31. The van der Waals surface area contributed by atoms with Gasteiger partial charge in [0.2, 0.25) is 11.7 Å². The van der Waals surface area contributed by atoms with Gasteiger partial charge in [0.1, 0.15) is 6.07 Å². The zero-order chi connectivity index (χ0) is 32.9. The van der Waals surface area contributed by atoms with E-state index in [2.05, 4.69) is 20.6 Å². The number of fused-ring (bicyclic) bond motifs is 1. The van der Waals surface area contributed by atoms with Gasteiger partial charge < -0.3 is 20.3 Å². The number of rotatable bonds is 8. The number of anilines is 2. The lowest BCUT2D eigenvalue weighted by Crippen LogP contribution is -2.48. The summed E-state index contributed by atoms with van der Waals surface area (Å²) < 4.78 is 36.2. The molecule has 1 aliphatic carbocycles. The summed E-state index contributed by atoms with van der Waals surface area (Å²) in [6.45, 7) is 4.65. The summed E-state index contributed by atoms with van der Waals surface area (Å²) in [7, 11) is 0. The van der Waals surface area contributed by atoms with Crippen molar-refractivity contribution < 1.29 is 23.1 Å². The highest BCUT2D eigenvalue weighted by Crippen LogP contribution is 2.32. The highest BCUT2D eigenvalue weighted by Gasteiger charge is 2.27. The number of carbonyl (C=O) groups is 2. The molecule has 2 aliphatic rings. The Bertz CT molecular complexity index is 1890. The average molecular weight is 640 g/mol. The molecular weight excluding hydrogens is 604 g/mol. The smallest absolute Gasteiger partial charge is 0.225 e. The van der Waals surface area contributed by atoms with Crippen molar-refractivity contribution in [1.29, 1.82) is 5.26 Å². The molecule has 3 heterocycles. The number of benzene rings is 2. The summed E-state index contributed by atoms with van der Waals surface area (Å²) in [5, 5.41) is 15.2. The SMILES string of the molecule is Cc1cc(Nc2nccn3c(-c4ccc(OCC#N)c(F)c4F)cnc23)ccc1C(=O)/C=C1/CCCC(C(=O)N2CCNCC2)CC1. The Kier molecular flexibility index (Phi) is 9.54. The van der Waals surface area contributed by atoms with E-state index in [0.717, 1.165) is 69.4 Å². The summed E-state index contributed by atoms with van der Waals surface area (Å²) in [4.78, 5) is 37.1. The molecule has 2 aromatic heterocycles. The third-order valence-electron chi connectivity index (χ3n) is 8.78. The molecule has 2 fully saturated rings. The van der Waals surface area contributed by atoms with Gasteiger partial charge in [-0.05, 0) is 81.0 Å². The van der Waals surface area contributed by atoms with E-state index in [1.807, 2.05) is 17.9 Å². The van der Waals surface area contributed by atoms with E-state index in [-0.39, 0.29) is 28.9 Å². The van der Waals surface area contributed by atoms with Crippen molar-refractivity contribution in [3.8, 4) is 23.1 Å². The van der Waals surface area contributed by atoms with Crippen LogP contribution in [0.5, 0.6) is 5.75 Å². The molecule has 1 atom stereocenters. The summed E-state index contributed by atoms with van der Waals surface area (Å²) in [5.74, 6) is -2.07. The van der Waals surface area contributed by atoms with E-state index in [9.17, 15) is 14.0 Å². The molecule has 2 aromatic carbocycles.